The number of hydrogen-bond donors (Lipinski definition) is 1. The van der Waals surface area contributed by atoms with Crippen molar-refractivity contribution in [2.45, 2.75) is 39.2 Å². The van der Waals surface area contributed by atoms with Crippen LogP contribution in [0.1, 0.15) is 33.6 Å². The van der Waals surface area contributed by atoms with E-state index in [0.717, 1.165) is 32.7 Å². The minimum Gasteiger partial charge on any atom is -0.389 e. The average molecular weight is 214 g/mol. The lowest BCUT2D eigenvalue weighted by Crippen LogP contribution is -2.50. The lowest BCUT2D eigenvalue weighted by Gasteiger charge is -2.37. The Morgan fingerprint density at radius 1 is 1.07 bits per heavy atom. The Bertz CT molecular complexity index is 169. The average Bonchev–Trinajstić information content (AvgIpc) is 2.14. The van der Waals surface area contributed by atoms with Gasteiger partial charge >= 0.3 is 0 Å². The van der Waals surface area contributed by atoms with Gasteiger partial charge in [-0.25, -0.2) is 0 Å². The molecule has 1 N–H and O–H groups in total. The molecule has 90 valence electrons. The third kappa shape index (κ3) is 5.50. The first-order valence-electron chi connectivity index (χ1n) is 6.18. The van der Waals surface area contributed by atoms with E-state index in [1.165, 1.54) is 19.4 Å². The Morgan fingerprint density at radius 3 is 2.07 bits per heavy atom. The molecule has 3 nitrogen and oxygen atoms in total. The fourth-order valence-electron chi connectivity index (χ4n) is 2.10. The number of β-amino-alcohol motifs (C(OH)–C–C–N with tert-alkyl or cyclic N) is 1. The fraction of sp³-hybridized carbons (Fsp3) is 1.00. The summed E-state index contributed by atoms with van der Waals surface area (Å²) in [5.41, 5.74) is -0.550. The quantitative estimate of drug-likeness (QED) is 0.744. The molecule has 1 heterocycles. The summed E-state index contributed by atoms with van der Waals surface area (Å²) < 4.78 is 0. The van der Waals surface area contributed by atoms with Gasteiger partial charge in [-0.15, -0.1) is 0 Å². The van der Waals surface area contributed by atoms with Crippen LogP contribution in [0, 0.1) is 0 Å². The summed E-state index contributed by atoms with van der Waals surface area (Å²) in [6.45, 7) is 12.6. The maximum atomic E-state index is 9.72. The number of hydrogen-bond acceptors (Lipinski definition) is 3. The van der Waals surface area contributed by atoms with Gasteiger partial charge in [-0.3, -0.25) is 4.90 Å². The molecule has 0 spiro atoms. The van der Waals surface area contributed by atoms with Crippen molar-refractivity contribution >= 4 is 0 Å². The molecular weight excluding hydrogens is 188 g/mol. The lowest BCUT2D eigenvalue weighted by molar-refractivity contribution is 0.0177. The van der Waals surface area contributed by atoms with E-state index in [0.29, 0.717) is 0 Å². The maximum absolute atomic E-state index is 9.72. The molecule has 0 amide bonds. The minimum absolute atomic E-state index is 0.550. The summed E-state index contributed by atoms with van der Waals surface area (Å²) in [4.78, 5) is 4.90. The lowest BCUT2D eigenvalue weighted by atomic mass is 10.1. The van der Waals surface area contributed by atoms with Gasteiger partial charge in [0.15, 0.2) is 0 Å². The second-order valence-electron chi connectivity index (χ2n) is 5.28. The molecule has 0 aromatic rings. The van der Waals surface area contributed by atoms with Crippen molar-refractivity contribution in [1.29, 1.82) is 0 Å². The number of nitrogens with zero attached hydrogens (tertiary/aromatic N) is 2. The van der Waals surface area contributed by atoms with E-state index in [2.05, 4.69) is 16.7 Å². The SMILES string of the molecule is CCCCN1CCN(CC(C)(C)O)CC1. The second-order valence-corrected chi connectivity index (χ2v) is 5.28. The summed E-state index contributed by atoms with van der Waals surface area (Å²) in [6.07, 6.45) is 2.59. The first-order chi connectivity index (χ1) is 7.01. The Labute approximate surface area is 94.1 Å². The molecule has 0 aliphatic carbocycles. The van der Waals surface area contributed by atoms with Crippen LogP contribution in [0.25, 0.3) is 0 Å². The van der Waals surface area contributed by atoms with Gasteiger partial charge in [-0.2, -0.15) is 0 Å². The first kappa shape index (κ1) is 12.9. The van der Waals surface area contributed by atoms with Crippen LogP contribution in [0.5, 0.6) is 0 Å². The predicted octanol–water partition coefficient (Wildman–Crippen LogP) is 1.18. The monoisotopic (exact) mass is 214 g/mol. The van der Waals surface area contributed by atoms with Crippen LogP contribution < -0.4 is 0 Å². The van der Waals surface area contributed by atoms with E-state index in [-0.39, 0.29) is 0 Å². The van der Waals surface area contributed by atoms with Crippen molar-refractivity contribution < 1.29 is 5.11 Å². The molecule has 0 bridgehead atoms. The predicted molar refractivity (Wildman–Crippen MR) is 64.1 cm³/mol. The largest absolute Gasteiger partial charge is 0.389 e. The molecule has 1 aliphatic heterocycles. The molecule has 0 atom stereocenters. The molecule has 1 rings (SSSR count). The van der Waals surface area contributed by atoms with Crippen molar-refractivity contribution in [2.24, 2.45) is 0 Å². The summed E-state index contributed by atoms with van der Waals surface area (Å²) in [6, 6.07) is 0. The van der Waals surface area contributed by atoms with Gasteiger partial charge in [-0.05, 0) is 26.8 Å². The summed E-state index contributed by atoms with van der Waals surface area (Å²) >= 11 is 0. The van der Waals surface area contributed by atoms with Gasteiger partial charge in [0.25, 0.3) is 0 Å². The van der Waals surface area contributed by atoms with Crippen molar-refractivity contribution in [3.8, 4) is 0 Å². The Morgan fingerprint density at radius 2 is 1.60 bits per heavy atom. The van der Waals surface area contributed by atoms with E-state index >= 15 is 0 Å². The van der Waals surface area contributed by atoms with Crippen LogP contribution in [-0.4, -0.2) is 59.8 Å². The third-order valence-corrected chi connectivity index (χ3v) is 2.90. The molecular formula is C12H26N2O. The highest BCUT2D eigenvalue weighted by atomic mass is 16.3. The standard InChI is InChI=1S/C12H26N2O/c1-4-5-6-13-7-9-14(10-8-13)11-12(2,3)15/h15H,4-11H2,1-3H3. The van der Waals surface area contributed by atoms with Crippen LogP contribution in [0.3, 0.4) is 0 Å². The van der Waals surface area contributed by atoms with Gasteiger partial charge < -0.3 is 10.0 Å². The zero-order valence-corrected chi connectivity index (χ0v) is 10.5. The van der Waals surface area contributed by atoms with E-state index in [1.54, 1.807) is 0 Å². The summed E-state index contributed by atoms with van der Waals surface area (Å²) in [5, 5.41) is 9.72. The molecule has 0 saturated carbocycles. The molecule has 0 radical (unpaired) electrons. The molecule has 0 aromatic carbocycles. The van der Waals surface area contributed by atoms with Gasteiger partial charge in [0.2, 0.25) is 0 Å². The molecule has 1 fully saturated rings. The zero-order chi connectivity index (χ0) is 11.3. The van der Waals surface area contributed by atoms with Crippen LogP contribution >= 0.6 is 0 Å². The highest BCUT2D eigenvalue weighted by Gasteiger charge is 2.22. The van der Waals surface area contributed by atoms with Gasteiger partial charge in [0.05, 0.1) is 5.60 Å². The van der Waals surface area contributed by atoms with E-state index in [1.807, 2.05) is 13.8 Å². The molecule has 0 unspecified atom stereocenters. The number of unbranched alkanes of at least 4 members (excludes halogenated alkanes) is 1. The number of aliphatic hydroxyl groups is 1. The highest BCUT2D eigenvalue weighted by molar-refractivity contribution is 4.77. The smallest absolute Gasteiger partial charge is 0.0718 e. The summed E-state index contributed by atoms with van der Waals surface area (Å²) in [5.74, 6) is 0. The van der Waals surface area contributed by atoms with Crippen molar-refractivity contribution in [3.05, 3.63) is 0 Å². The van der Waals surface area contributed by atoms with E-state index < -0.39 is 5.60 Å². The molecule has 3 heteroatoms. The molecule has 1 saturated heterocycles. The highest BCUT2D eigenvalue weighted by Crippen LogP contribution is 2.09. The molecule has 1 aliphatic rings. The zero-order valence-electron chi connectivity index (χ0n) is 10.5. The number of rotatable bonds is 5. The minimum atomic E-state index is -0.550. The topological polar surface area (TPSA) is 26.7 Å². The first-order valence-corrected chi connectivity index (χ1v) is 6.18. The van der Waals surface area contributed by atoms with E-state index in [9.17, 15) is 5.11 Å². The number of piperazine rings is 1. The van der Waals surface area contributed by atoms with Gasteiger partial charge in [-0.1, -0.05) is 13.3 Å². The molecule has 0 aromatic heterocycles. The van der Waals surface area contributed by atoms with Gasteiger partial charge in [0, 0.05) is 32.7 Å². The van der Waals surface area contributed by atoms with Crippen LogP contribution in [0.15, 0.2) is 0 Å². The van der Waals surface area contributed by atoms with Crippen molar-refractivity contribution in [1.82, 2.24) is 9.80 Å². The van der Waals surface area contributed by atoms with E-state index in [4.69, 9.17) is 0 Å². The Balaban J connectivity index is 2.18. The van der Waals surface area contributed by atoms with Crippen molar-refractivity contribution in [2.75, 3.05) is 39.3 Å². The Kier molecular flexibility index (Phi) is 5.03. The normalized spacial score (nSPS) is 20.8. The third-order valence-electron chi connectivity index (χ3n) is 2.90. The Hall–Kier alpha value is -0.120. The van der Waals surface area contributed by atoms with Gasteiger partial charge in [0.1, 0.15) is 0 Å². The maximum Gasteiger partial charge on any atom is 0.0718 e. The van der Waals surface area contributed by atoms with Crippen LogP contribution in [0.4, 0.5) is 0 Å². The fourth-order valence-corrected chi connectivity index (χ4v) is 2.10. The van der Waals surface area contributed by atoms with Crippen LogP contribution in [0.2, 0.25) is 0 Å². The summed E-state index contributed by atoms with van der Waals surface area (Å²) in [7, 11) is 0. The van der Waals surface area contributed by atoms with Crippen molar-refractivity contribution in [3.63, 3.8) is 0 Å². The van der Waals surface area contributed by atoms with Crippen LogP contribution in [-0.2, 0) is 0 Å². The molecule has 15 heavy (non-hydrogen) atoms. The second kappa shape index (κ2) is 5.83.